The molecule has 0 aliphatic carbocycles. The maximum Gasteiger partial charge on any atom is 0.243 e. The van der Waals surface area contributed by atoms with Crippen LogP contribution in [0.1, 0.15) is 38.9 Å². The van der Waals surface area contributed by atoms with Crippen LogP contribution in [0, 0.1) is 0 Å². The number of allylic oxidation sites excluding steroid dienone is 1. The Balaban J connectivity index is 2.01. The fraction of sp³-hybridized carbons (Fsp3) is 0.444. The summed E-state index contributed by atoms with van der Waals surface area (Å²) in [5, 5.41) is 2.89. The normalized spacial score (nSPS) is 11.4. The van der Waals surface area contributed by atoms with Crippen LogP contribution in [0.15, 0.2) is 36.4 Å². The number of carbonyl (C=O) groups excluding carboxylic acids is 1. The van der Waals surface area contributed by atoms with Crippen LogP contribution < -0.4 is 5.32 Å². The summed E-state index contributed by atoms with van der Waals surface area (Å²) in [6.45, 7) is 5.74. The van der Waals surface area contributed by atoms with Crippen molar-refractivity contribution in [3.05, 3.63) is 42.2 Å². The monoisotopic (exact) mass is 299 g/mol. The summed E-state index contributed by atoms with van der Waals surface area (Å²) in [6.07, 6.45) is 7.42. The van der Waals surface area contributed by atoms with Gasteiger partial charge in [-0.3, -0.25) is 4.79 Å². The van der Waals surface area contributed by atoms with Crippen molar-refractivity contribution >= 4 is 16.9 Å². The minimum absolute atomic E-state index is 0.0259. The molecular weight excluding hydrogens is 274 g/mol. The molecule has 22 heavy (non-hydrogen) atoms. The number of nitrogens with zero attached hydrogens (tertiary/aromatic N) is 2. The molecule has 0 radical (unpaired) electrons. The lowest BCUT2D eigenvalue weighted by molar-refractivity contribution is -0.116. The molecule has 0 aliphatic heterocycles. The van der Waals surface area contributed by atoms with E-state index in [0.29, 0.717) is 6.54 Å². The largest absolute Gasteiger partial charge is 0.353 e. The van der Waals surface area contributed by atoms with Crippen LogP contribution in [0.25, 0.3) is 11.0 Å². The van der Waals surface area contributed by atoms with Gasteiger partial charge in [0.2, 0.25) is 5.91 Å². The predicted molar refractivity (Wildman–Crippen MR) is 90.8 cm³/mol. The molecule has 1 amide bonds. The number of carbonyl (C=O) groups is 1. The average molecular weight is 299 g/mol. The summed E-state index contributed by atoms with van der Waals surface area (Å²) in [4.78, 5) is 16.1. The van der Waals surface area contributed by atoms with E-state index in [2.05, 4.69) is 35.0 Å². The van der Waals surface area contributed by atoms with E-state index in [9.17, 15) is 4.79 Å². The van der Waals surface area contributed by atoms with Gasteiger partial charge in [-0.15, -0.1) is 0 Å². The molecule has 0 saturated heterocycles. The van der Waals surface area contributed by atoms with E-state index in [1.807, 2.05) is 13.0 Å². The third kappa shape index (κ3) is 4.20. The molecule has 1 aromatic carbocycles. The van der Waals surface area contributed by atoms with Crippen molar-refractivity contribution < 1.29 is 4.79 Å². The lowest BCUT2D eigenvalue weighted by atomic mass is 10.2. The Bertz CT molecular complexity index is 643. The van der Waals surface area contributed by atoms with E-state index in [-0.39, 0.29) is 5.91 Å². The first-order chi connectivity index (χ1) is 10.8. The molecule has 4 heteroatoms. The first kappa shape index (κ1) is 16.3. The molecule has 4 nitrogen and oxygen atoms in total. The number of benzene rings is 1. The zero-order valence-electron chi connectivity index (χ0n) is 13.5. The number of para-hydroxylation sites is 2. The van der Waals surface area contributed by atoms with E-state index >= 15 is 0 Å². The van der Waals surface area contributed by atoms with Crippen LogP contribution in [0.5, 0.6) is 0 Å². The summed E-state index contributed by atoms with van der Waals surface area (Å²) in [7, 11) is 0. The van der Waals surface area contributed by atoms with Crippen LogP contribution in [0.2, 0.25) is 0 Å². The van der Waals surface area contributed by atoms with E-state index in [1.54, 1.807) is 12.2 Å². The maximum atomic E-state index is 11.4. The summed E-state index contributed by atoms with van der Waals surface area (Å²) >= 11 is 0. The van der Waals surface area contributed by atoms with Gasteiger partial charge in [0.1, 0.15) is 5.82 Å². The Morgan fingerprint density at radius 1 is 1.32 bits per heavy atom. The molecule has 2 rings (SSSR count). The van der Waals surface area contributed by atoms with Gasteiger partial charge >= 0.3 is 0 Å². The lowest BCUT2D eigenvalue weighted by Gasteiger charge is -2.08. The van der Waals surface area contributed by atoms with Crippen LogP contribution in [-0.2, 0) is 17.8 Å². The van der Waals surface area contributed by atoms with E-state index in [1.165, 1.54) is 11.9 Å². The van der Waals surface area contributed by atoms with Crippen LogP contribution in [0.3, 0.4) is 0 Å². The van der Waals surface area contributed by atoms with Gasteiger partial charge in [-0.05, 0) is 38.0 Å². The number of rotatable bonds is 8. The average Bonchev–Trinajstić information content (AvgIpc) is 2.87. The number of hydrogen-bond acceptors (Lipinski definition) is 2. The van der Waals surface area contributed by atoms with Gasteiger partial charge in [0.05, 0.1) is 11.0 Å². The van der Waals surface area contributed by atoms with Gasteiger partial charge in [-0.25, -0.2) is 4.98 Å². The molecule has 0 atom stereocenters. The first-order valence-corrected chi connectivity index (χ1v) is 8.11. The Hall–Kier alpha value is -2.10. The highest BCUT2D eigenvalue weighted by molar-refractivity contribution is 5.87. The van der Waals surface area contributed by atoms with Crippen LogP contribution in [-0.4, -0.2) is 22.0 Å². The highest BCUT2D eigenvalue weighted by Crippen LogP contribution is 2.18. The van der Waals surface area contributed by atoms with Gasteiger partial charge < -0.3 is 9.88 Å². The summed E-state index contributed by atoms with van der Waals surface area (Å²) in [6, 6.07) is 8.29. The topological polar surface area (TPSA) is 46.9 Å². The number of nitrogens with one attached hydrogen (secondary N) is 1. The Morgan fingerprint density at radius 2 is 2.14 bits per heavy atom. The fourth-order valence-electron chi connectivity index (χ4n) is 2.55. The van der Waals surface area contributed by atoms with Crippen LogP contribution >= 0.6 is 0 Å². The minimum atomic E-state index is -0.0259. The molecule has 1 aromatic heterocycles. The van der Waals surface area contributed by atoms with Gasteiger partial charge in [-0.2, -0.15) is 0 Å². The zero-order chi connectivity index (χ0) is 15.8. The molecule has 1 heterocycles. The minimum Gasteiger partial charge on any atom is -0.353 e. The molecule has 0 spiro atoms. The summed E-state index contributed by atoms with van der Waals surface area (Å²) in [5.74, 6) is 1.09. The second-order valence-corrected chi connectivity index (χ2v) is 5.42. The fourth-order valence-corrected chi connectivity index (χ4v) is 2.55. The highest BCUT2D eigenvalue weighted by Gasteiger charge is 2.09. The number of imidazole rings is 1. The zero-order valence-corrected chi connectivity index (χ0v) is 13.5. The lowest BCUT2D eigenvalue weighted by Crippen LogP contribution is -2.22. The number of fused-ring (bicyclic) bond motifs is 1. The summed E-state index contributed by atoms with van der Waals surface area (Å²) < 4.78 is 2.33. The van der Waals surface area contributed by atoms with Gasteiger partial charge in [0.25, 0.3) is 0 Å². The standard InChI is InChI=1S/C18H25N3O/c1-3-5-14-21-16-11-7-6-10-15(16)20-17(21)12-8-13-19-18(22)9-4-2/h4,6-7,9-11H,3,5,8,12-14H2,1-2H3,(H,19,22)/b9-4-. The van der Waals surface area contributed by atoms with E-state index in [4.69, 9.17) is 4.98 Å². The Kier molecular flexibility index (Phi) is 6.19. The Labute approximate surface area is 132 Å². The SMILES string of the molecule is C/C=C\C(=O)NCCCc1nc2ccccc2n1CCCC. The number of hydrogen-bond donors (Lipinski definition) is 1. The number of aromatic nitrogens is 2. The quantitative estimate of drug-likeness (QED) is 0.599. The molecule has 118 valence electrons. The van der Waals surface area contributed by atoms with Crippen molar-refractivity contribution in [1.82, 2.24) is 14.9 Å². The molecular formula is C18H25N3O. The van der Waals surface area contributed by atoms with Gasteiger partial charge in [-0.1, -0.05) is 31.6 Å². The van der Waals surface area contributed by atoms with Gasteiger partial charge in [0.15, 0.2) is 0 Å². The molecule has 2 aromatic rings. The third-order valence-corrected chi connectivity index (χ3v) is 3.66. The second-order valence-electron chi connectivity index (χ2n) is 5.42. The molecule has 0 saturated carbocycles. The van der Waals surface area contributed by atoms with Crippen molar-refractivity contribution in [3.8, 4) is 0 Å². The molecule has 0 bridgehead atoms. The second kappa shape index (κ2) is 8.37. The first-order valence-electron chi connectivity index (χ1n) is 8.11. The maximum absolute atomic E-state index is 11.4. The van der Waals surface area contributed by atoms with Crippen molar-refractivity contribution in [2.45, 2.75) is 46.1 Å². The van der Waals surface area contributed by atoms with Crippen molar-refractivity contribution in [2.75, 3.05) is 6.54 Å². The number of aryl methyl sites for hydroxylation is 2. The highest BCUT2D eigenvalue weighted by atomic mass is 16.1. The van der Waals surface area contributed by atoms with Gasteiger partial charge in [0, 0.05) is 19.5 Å². The van der Waals surface area contributed by atoms with E-state index in [0.717, 1.165) is 37.1 Å². The predicted octanol–water partition coefficient (Wildman–Crippen LogP) is 3.46. The number of unbranched alkanes of at least 4 members (excludes halogenated alkanes) is 1. The molecule has 0 unspecified atom stereocenters. The Morgan fingerprint density at radius 3 is 2.91 bits per heavy atom. The number of amides is 1. The molecule has 0 aliphatic rings. The van der Waals surface area contributed by atoms with Crippen molar-refractivity contribution in [2.24, 2.45) is 0 Å². The third-order valence-electron chi connectivity index (χ3n) is 3.66. The molecule has 0 fully saturated rings. The van der Waals surface area contributed by atoms with Crippen molar-refractivity contribution in [1.29, 1.82) is 0 Å². The van der Waals surface area contributed by atoms with E-state index < -0.39 is 0 Å². The van der Waals surface area contributed by atoms with Crippen molar-refractivity contribution in [3.63, 3.8) is 0 Å². The summed E-state index contributed by atoms with van der Waals surface area (Å²) in [5.41, 5.74) is 2.27. The van der Waals surface area contributed by atoms with Crippen LogP contribution in [0.4, 0.5) is 0 Å². The molecule has 1 N–H and O–H groups in total. The smallest absolute Gasteiger partial charge is 0.243 e.